The molecule has 0 bridgehead atoms. The highest BCUT2D eigenvalue weighted by atomic mass is 16.5. The van der Waals surface area contributed by atoms with Crippen molar-refractivity contribution in [2.24, 2.45) is 12.5 Å². The third-order valence-corrected chi connectivity index (χ3v) is 5.45. The summed E-state index contributed by atoms with van der Waals surface area (Å²) < 4.78 is 13.0. The van der Waals surface area contributed by atoms with E-state index in [2.05, 4.69) is 15.7 Å². The third-order valence-electron chi connectivity index (χ3n) is 5.45. The fourth-order valence-electron chi connectivity index (χ4n) is 3.90. The van der Waals surface area contributed by atoms with Gasteiger partial charge in [0.2, 0.25) is 0 Å². The second-order valence-corrected chi connectivity index (χ2v) is 6.98. The molecule has 2 N–H and O–H groups in total. The van der Waals surface area contributed by atoms with Gasteiger partial charge in [0.15, 0.2) is 0 Å². The van der Waals surface area contributed by atoms with Gasteiger partial charge in [0, 0.05) is 44.7 Å². The molecule has 2 aliphatic heterocycles. The van der Waals surface area contributed by atoms with E-state index in [9.17, 15) is 4.79 Å². The molecule has 3 heterocycles. The average molecular weight is 320 g/mol. The summed E-state index contributed by atoms with van der Waals surface area (Å²) in [7, 11) is 1.88. The molecule has 2 amide bonds. The van der Waals surface area contributed by atoms with E-state index in [-0.39, 0.29) is 18.2 Å². The lowest BCUT2D eigenvalue weighted by Crippen LogP contribution is -2.45. The maximum atomic E-state index is 12.3. The van der Waals surface area contributed by atoms with E-state index >= 15 is 0 Å². The number of amides is 2. The minimum Gasteiger partial charge on any atom is -0.381 e. The van der Waals surface area contributed by atoms with Gasteiger partial charge in [0.05, 0.1) is 12.2 Å². The molecule has 1 saturated carbocycles. The number of carbonyl (C=O) groups excluding carboxylic acids is 1. The number of hydrogen-bond acceptors (Lipinski definition) is 4. The van der Waals surface area contributed by atoms with Crippen LogP contribution >= 0.6 is 0 Å². The lowest BCUT2D eigenvalue weighted by molar-refractivity contribution is 0.0546. The Morgan fingerprint density at radius 1 is 1.35 bits per heavy atom. The Hall–Kier alpha value is -1.60. The van der Waals surface area contributed by atoms with Crippen molar-refractivity contribution < 1.29 is 14.3 Å². The molecule has 1 aromatic heterocycles. The summed E-state index contributed by atoms with van der Waals surface area (Å²) in [6.07, 6.45) is 7.67. The number of nitrogens with one attached hydrogen (secondary N) is 2. The van der Waals surface area contributed by atoms with E-state index in [1.165, 1.54) is 0 Å². The van der Waals surface area contributed by atoms with E-state index in [0.29, 0.717) is 18.1 Å². The highest BCUT2D eigenvalue weighted by Crippen LogP contribution is 2.53. The molecular weight excluding hydrogens is 296 g/mol. The summed E-state index contributed by atoms with van der Waals surface area (Å²) in [6, 6.07) is 0.219. The fourth-order valence-corrected chi connectivity index (χ4v) is 3.90. The highest BCUT2D eigenvalue weighted by molar-refractivity contribution is 5.75. The Kier molecular flexibility index (Phi) is 3.77. The molecule has 7 nitrogen and oxygen atoms in total. The number of urea groups is 1. The van der Waals surface area contributed by atoms with Gasteiger partial charge in [-0.05, 0) is 31.1 Å². The summed E-state index contributed by atoms with van der Waals surface area (Å²) in [5, 5.41) is 10.4. The summed E-state index contributed by atoms with van der Waals surface area (Å²) in [5.41, 5.74) is 1.31. The molecule has 3 fully saturated rings. The lowest BCUT2D eigenvalue weighted by Gasteiger charge is -2.24. The maximum Gasteiger partial charge on any atom is 0.315 e. The van der Waals surface area contributed by atoms with E-state index in [0.717, 1.165) is 44.5 Å². The molecule has 3 atom stereocenters. The predicted molar refractivity (Wildman–Crippen MR) is 82.9 cm³/mol. The van der Waals surface area contributed by atoms with Gasteiger partial charge in [-0.25, -0.2) is 4.79 Å². The summed E-state index contributed by atoms with van der Waals surface area (Å²) >= 11 is 0. The number of aryl methyl sites for hydroxylation is 1. The highest BCUT2D eigenvalue weighted by Gasteiger charge is 2.55. The van der Waals surface area contributed by atoms with Crippen molar-refractivity contribution in [3.63, 3.8) is 0 Å². The lowest BCUT2D eigenvalue weighted by atomic mass is 9.96. The Labute approximate surface area is 135 Å². The smallest absolute Gasteiger partial charge is 0.315 e. The maximum absolute atomic E-state index is 12.3. The first kappa shape index (κ1) is 15.0. The largest absolute Gasteiger partial charge is 0.381 e. The first-order valence-corrected chi connectivity index (χ1v) is 8.41. The molecule has 1 unspecified atom stereocenters. The molecule has 0 radical (unpaired) electrons. The Morgan fingerprint density at radius 2 is 2.17 bits per heavy atom. The molecule has 0 aromatic carbocycles. The number of ether oxygens (including phenoxy) is 2. The fraction of sp³-hybridized carbons (Fsp3) is 0.750. The van der Waals surface area contributed by atoms with E-state index in [1.54, 1.807) is 10.9 Å². The Bertz CT molecular complexity index is 582. The zero-order chi connectivity index (χ0) is 15.9. The summed E-state index contributed by atoms with van der Waals surface area (Å²) in [5.74, 6) is 0. The van der Waals surface area contributed by atoms with Crippen LogP contribution in [0.2, 0.25) is 0 Å². The number of aromatic nitrogens is 2. The monoisotopic (exact) mass is 320 g/mol. The van der Waals surface area contributed by atoms with E-state index in [1.807, 2.05) is 13.2 Å². The van der Waals surface area contributed by atoms with Crippen molar-refractivity contribution >= 4 is 6.03 Å². The van der Waals surface area contributed by atoms with Gasteiger partial charge >= 0.3 is 6.03 Å². The number of rotatable bonds is 3. The van der Waals surface area contributed by atoms with Gasteiger partial charge in [-0.2, -0.15) is 5.10 Å². The molecule has 2 saturated heterocycles. The van der Waals surface area contributed by atoms with Gasteiger partial charge in [0.1, 0.15) is 6.10 Å². The van der Waals surface area contributed by atoms with Gasteiger partial charge < -0.3 is 20.1 Å². The van der Waals surface area contributed by atoms with Crippen LogP contribution in [-0.4, -0.2) is 47.7 Å². The molecule has 1 aliphatic carbocycles. The predicted octanol–water partition coefficient (Wildman–Crippen LogP) is 1.12. The Morgan fingerprint density at radius 3 is 2.91 bits per heavy atom. The second kappa shape index (κ2) is 5.79. The third kappa shape index (κ3) is 2.95. The molecule has 126 valence electrons. The zero-order valence-electron chi connectivity index (χ0n) is 13.5. The van der Waals surface area contributed by atoms with E-state index < -0.39 is 0 Å². The van der Waals surface area contributed by atoms with E-state index in [4.69, 9.17) is 9.47 Å². The van der Waals surface area contributed by atoms with Crippen LogP contribution in [0.3, 0.4) is 0 Å². The topological polar surface area (TPSA) is 77.4 Å². The molecule has 23 heavy (non-hydrogen) atoms. The van der Waals surface area contributed by atoms with Crippen molar-refractivity contribution in [3.05, 3.63) is 18.0 Å². The SMILES string of the molecule is Cn1cc([C@H]2OCC[C@@H]2NC(=O)NC2CC23CCOCC3)cn1. The zero-order valence-corrected chi connectivity index (χ0v) is 13.5. The van der Waals surface area contributed by atoms with Crippen LogP contribution in [0.1, 0.15) is 37.4 Å². The molecule has 7 heteroatoms. The van der Waals surface area contributed by atoms with Crippen molar-refractivity contribution in [2.45, 2.75) is 43.9 Å². The van der Waals surface area contributed by atoms with Crippen LogP contribution in [0, 0.1) is 5.41 Å². The summed E-state index contributed by atoms with van der Waals surface area (Å²) in [6.45, 7) is 2.30. The van der Waals surface area contributed by atoms with Crippen LogP contribution < -0.4 is 10.6 Å². The van der Waals surface area contributed by atoms with Crippen LogP contribution in [0.25, 0.3) is 0 Å². The molecular formula is C16H24N4O3. The molecule has 1 aromatic rings. The number of hydrogen-bond donors (Lipinski definition) is 2. The standard InChI is InChI=1S/C16H24N4O3/c1-20-10-11(9-17-20)14-12(2-5-23-14)18-15(21)19-13-8-16(13)3-6-22-7-4-16/h9-10,12-14H,2-8H2,1H3,(H2,18,19,21)/t12-,13?,14+/m0/s1. The first-order valence-electron chi connectivity index (χ1n) is 8.41. The first-order chi connectivity index (χ1) is 11.2. The Balaban J connectivity index is 1.32. The summed E-state index contributed by atoms with van der Waals surface area (Å²) in [4.78, 5) is 12.3. The van der Waals surface area contributed by atoms with Gasteiger partial charge in [-0.1, -0.05) is 0 Å². The minimum atomic E-state index is -0.106. The van der Waals surface area contributed by atoms with Crippen LogP contribution in [0.5, 0.6) is 0 Å². The average Bonchev–Trinajstić information content (AvgIpc) is 2.92. The van der Waals surface area contributed by atoms with Crippen molar-refractivity contribution in [1.82, 2.24) is 20.4 Å². The van der Waals surface area contributed by atoms with Gasteiger partial charge in [0.25, 0.3) is 0 Å². The molecule has 1 spiro atoms. The van der Waals surface area contributed by atoms with Crippen molar-refractivity contribution in [1.29, 1.82) is 0 Å². The molecule has 4 rings (SSSR count). The van der Waals surface area contributed by atoms with Crippen LogP contribution in [-0.2, 0) is 16.5 Å². The minimum absolute atomic E-state index is 0.00332. The van der Waals surface area contributed by atoms with Crippen molar-refractivity contribution in [2.75, 3.05) is 19.8 Å². The second-order valence-electron chi connectivity index (χ2n) is 6.98. The van der Waals surface area contributed by atoms with Crippen molar-refractivity contribution in [3.8, 4) is 0 Å². The van der Waals surface area contributed by atoms with Gasteiger partial charge in [-0.3, -0.25) is 4.68 Å². The number of carbonyl (C=O) groups is 1. The van der Waals surface area contributed by atoms with Gasteiger partial charge in [-0.15, -0.1) is 0 Å². The van der Waals surface area contributed by atoms with Crippen LogP contribution in [0.4, 0.5) is 4.79 Å². The number of nitrogens with zero attached hydrogens (tertiary/aromatic N) is 2. The normalized spacial score (nSPS) is 32.0. The van der Waals surface area contributed by atoms with Crippen LogP contribution in [0.15, 0.2) is 12.4 Å². The molecule has 3 aliphatic rings. The quantitative estimate of drug-likeness (QED) is 0.875.